The number of H-pyrrole nitrogens is 1. The third kappa shape index (κ3) is 2.68. The zero-order valence-electron chi connectivity index (χ0n) is 11.6. The molecule has 112 valence electrons. The van der Waals surface area contributed by atoms with E-state index in [2.05, 4.69) is 15.3 Å². The van der Waals surface area contributed by atoms with E-state index in [1.165, 1.54) is 12.1 Å². The summed E-state index contributed by atoms with van der Waals surface area (Å²) in [5, 5.41) is 13.4. The van der Waals surface area contributed by atoms with E-state index in [-0.39, 0.29) is 17.0 Å². The Labute approximate surface area is 129 Å². The molecule has 8 heteroatoms. The molecular weight excluding hydrogens is 304 g/mol. The number of nitrogens with zero attached hydrogens (tertiary/aromatic N) is 2. The van der Waals surface area contributed by atoms with E-state index < -0.39 is 4.92 Å². The Balaban J connectivity index is 1.76. The molecule has 1 unspecified atom stereocenters. The number of amides is 1. The number of aromatic nitrogens is 2. The van der Waals surface area contributed by atoms with Crippen molar-refractivity contribution in [3.63, 3.8) is 0 Å². The van der Waals surface area contributed by atoms with Crippen LogP contribution < -0.4 is 5.32 Å². The number of para-hydroxylation sites is 2. The molecule has 0 saturated carbocycles. The number of hydrogen-bond acceptors (Lipinski definition) is 5. The molecule has 2 heterocycles. The number of rotatable bonds is 4. The van der Waals surface area contributed by atoms with Crippen molar-refractivity contribution in [3.8, 4) is 0 Å². The summed E-state index contributed by atoms with van der Waals surface area (Å²) in [7, 11) is 0. The maximum atomic E-state index is 12.1. The average molecular weight is 316 g/mol. The predicted octanol–water partition coefficient (Wildman–Crippen LogP) is 3.02. The van der Waals surface area contributed by atoms with Crippen molar-refractivity contribution < 1.29 is 9.72 Å². The molecular formula is C14H12N4O3S. The monoisotopic (exact) mass is 316 g/mol. The number of aromatic amines is 1. The van der Waals surface area contributed by atoms with Crippen LogP contribution in [-0.4, -0.2) is 20.8 Å². The lowest BCUT2D eigenvalue weighted by Gasteiger charge is -2.09. The van der Waals surface area contributed by atoms with Gasteiger partial charge in [0, 0.05) is 6.07 Å². The first-order chi connectivity index (χ1) is 10.5. The Morgan fingerprint density at radius 3 is 2.82 bits per heavy atom. The topological polar surface area (TPSA) is 101 Å². The molecule has 0 aliphatic heterocycles. The highest BCUT2D eigenvalue weighted by Gasteiger charge is 2.18. The van der Waals surface area contributed by atoms with E-state index in [0.717, 1.165) is 22.4 Å². The number of thiophene rings is 1. The predicted molar refractivity (Wildman–Crippen MR) is 82.9 cm³/mol. The summed E-state index contributed by atoms with van der Waals surface area (Å²) < 4.78 is 0. The van der Waals surface area contributed by atoms with Crippen molar-refractivity contribution in [2.75, 3.05) is 0 Å². The minimum Gasteiger partial charge on any atom is -0.342 e. The fraction of sp³-hybridized carbons (Fsp3) is 0.143. The van der Waals surface area contributed by atoms with Gasteiger partial charge in [-0.2, -0.15) is 0 Å². The zero-order valence-corrected chi connectivity index (χ0v) is 12.4. The summed E-state index contributed by atoms with van der Waals surface area (Å²) in [6.07, 6.45) is 0. The highest BCUT2D eigenvalue weighted by molar-refractivity contribution is 7.17. The molecule has 2 N–H and O–H groups in total. The maximum Gasteiger partial charge on any atom is 0.324 e. The number of carbonyl (C=O) groups excluding carboxylic acids is 1. The summed E-state index contributed by atoms with van der Waals surface area (Å²) in [4.78, 5) is 30.1. The van der Waals surface area contributed by atoms with Gasteiger partial charge in [-0.05, 0) is 25.1 Å². The summed E-state index contributed by atoms with van der Waals surface area (Å²) in [6.45, 7) is 1.80. The molecule has 0 spiro atoms. The molecule has 0 aliphatic rings. The Kier molecular flexibility index (Phi) is 3.60. The van der Waals surface area contributed by atoms with Crippen LogP contribution in [0, 0.1) is 10.1 Å². The van der Waals surface area contributed by atoms with E-state index in [1.807, 2.05) is 24.3 Å². The van der Waals surface area contributed by atoms with E-state index in [0.29, 0.717) is 10.7 Å². The minimum absolute atomic E-state index is 0.0541. The van der Waals surface area contributed by atoms with Crippen LogP contribution in [0.3, 0.4) is 0 Å². The van der Waals surface area contributed by atoms with Crippen LogP contribution in [0.25, 0.3) is 11.0 Å². The Hall–Kier alpha value is -2.74. The number of nitro groups is 1. The number of hydrogen-bond donors (Lipinski definition) is 2. The second-order valence-electron chi connectivity index (χ2n) is 4.73. The third-order valence-corrected chi connectivity index (χ3v) is 4.20. The molecule has 0 fully saturated rings. The van der Waals surface area contributed by atoms with Gasteiger partial charge in [-0.3, -0.25) is 14.9 Å². The van der Waals surface area contributed by atoms with Crippen molar-refractivity contribution in [2.45, 2.75) is 13.0 Å². The molecule has 7 nitrogen and oxygen atoms in total. The second kappa shape index (κ2) is 5.57. The number of fused-ring (bicyclic) bond motifs is 1. The molecule has 1 aromatic carbocycles. The number of nitrogens with one attached hydrogen (secondary N) is 2. The maximum absolute atomic E-state index is 12.1. The second-order valence-corrected chi connectivity index (χ2v) is 5.79. The van der Waals surface area contributed by atoms with Crippen LogP contribution in [0.1, 0.15) is 28.5 Å². The fourth-order valence-electron chi connectivity index (χ4n) is 2.06. The fourth-order valence-corrected chi connectivity index (χ4v) is 2.79. The lowest BCUT2D eigenvalue weighted by atomic mass is 10.3. The Bertz CT molecular complexity index is 822. The van der Waals surface area contributed by atoms with Gasteiger partial charge >= 0.3 is 5.00 Å². The molecule has 22 heavy (non-hydrogen) atoms. The van der Waals surface area contributed by atoms with Crippen LogP contribution in [0.5, 0.6) is 0 Å². The highest BCUT2D eigenvalue weighted by atomic mass is 32.1. The molecule has 0 bridgehead atoms. The lowest BCUT2D eigenvalue weighted by molar-refractivity contribution is -0.380. The van der Waals surface area contributed by atoms with Gasteiger partial charge in [-0.25, -0.2) is 4.98 Å². The highest BCUT2D eigenvalue weighted by Crippen LogP contribution is 2.24. The van der Waals surface area contributed by atoms with Crippen molar-refractivity contribution in [2.24, 2.45) is 0 Å². The SMILES string of the molecule is CC(NC(=O)c1ccc([N+](=O)[O-])s1)c1nc2ccccc2[nH]1. The van der Waals surface area contributed by atoms with E-state index >= 15 is 0 Å². The van der Waals surface area contributed by atoms with Crippen molar-refractivity contribution in [3.05, 3.63) is 57.2 Å². The molecule has 2 aromatic heterocycles. The number of carbonyl (C=O) groups is 1. The average Bonchev–Trinajstić information content (AvgIpc) is 3.14. The summed E-state index contributed by atoms with van der Waals surface area (Å²) in [5.74, 6) is 0.284. The van der Waals surface area contributed by atoms with Gasteiger partial charge in [-0.15, -0.1) is 0 Å². The standard InChI is InChI=1S/C14H12N4O3S/c1-8(13-16-9-4-2-3-5-10(9)17-13)15-14(19)11-6-7-12(22-11)18(20)21/h2-8H,1H3,(H,15,19)(H,16,17). The van der Waals surface area contributed by atoms with Crippen LogP contribution in [-0.2, 0) is 0 Å². The normalized spacial score (nSPS) is 12.2. The minimum atomic E-state index is -0.510. The lowest BCUT2D eigenvalue weighted by Crippen LogP contribution is -2.26. The molecule has 1 atom stereocenters. The third-order valence-electron chi connectivity index (χ3n) is 3.16. The molecule has 3 rings (SSSR count). The van der Waals surface area contributed by atoms with Crippen molar-refractivity contribution >= 4 is 33.3 Å². The van der Waals surface area contributed by atoms with Crippen molar-refractivity contribution in [1.82, 2.24) is 15.3 Å². The molecule has 3 aromatic rings. The van der Waals surface area contributed by atoms with Gasteiger partial charge in [0.15, 0.2) is 0 Å². The van der Waals surface area contributed by atoms with Gasteiger partial charge in [0.2, 0.25) is 0 Å². The van der Waals surface area contributed by atoms with Gasteiger partial charge in [-0.1, -0.05) is 23.5 Å². The largest absolute Gasteiger partial charge is 0.342 e. The molecule has 0 saturated heterocycles. The first-order valence-corrected chi connectivity index (χ1v) is 7.36. The van der Waals surface area contributed by atoms with Crippen molar-refractivity contribution in [1.29, 1.82) is 0 Å². The summed E-state index contributed by atoms with van der Waals surface area (Å²) in [6, 6.07) is 10.0. The molecule has 0 aliphatic carbocycles. The molecule has 0 radical (unpaired) electrons. The number of benzene rings is 1. The Morgan fingerprint density at radius 2 is 2.14 bits per heavy atom. The van der Waals surface area contributed by atoms with Gasteiger partial charge < -0.3 is 10.3 Å². The smallest absolute Gasteiger partial charge is 0.324 e. The summed E-state index contributed by atoms with van der Waals surface area (Å²) in [5.41, 5.74) is 1.72. The van der Waals surface area contributed by atoms with Gasteiger partial charge in [0.25, 0.3) is 5.91 Å². The summed E-state index contributed by atoms with van der Waals surface area (Å²) >= 11 is 0.850. The van der Waals surface area contributed by atoms with E-state index in [9.17, 15) is 14.9 Å². The molecule has 1 amide bonds. The van der Waals surface area contributed by atoms with Crippen LogP contribution in [0.4, 0.5) is 5.00 Å². The van der Waals surface area contributed by atoms with E-state index in [4.69, 9.17) is 0 Å². The Morgan fingerprint density at radius 1 is 1.36 bits per heavy atom. The zero-order chi connectivity index (χ0) is 15.7. The van der Waals surface area contributed by atoms with E-state index in [1.54, 1.807) is 6.92 Å². The van der Waals surface area contributed by atoms with Crippen LogP contribution in [0.15, 0.2) is 36.4 Å². The van der Waals surface area contributed by atoms with Crippen LogP contribution in [0.2, 0.25) is 0 Å². The van der Waals surface area contributed by atoms with Gasteiger partial charge in [0.1, 0.15) is 5.82 Å². The first-order valence-electron chi connectivity index (χ1n) is 6.54. The number of imidazole rings is 1. The van der Waals surface area contributed by atoms with Gasteiger partial charge in [0.05, 0.1) is 26.9 Å². The first kappa shape index (κ1) is 14.2. The van der Waals surface area contributed by atoms with Crippen LogP contribution >= 0.6 is 11.3 Å². The quantitative estimate of drug-likeness (QED) is 0.570.